The van der Waals surface area contributed by atoms with Crippen molar-refractivity contribution < 1.29 is 0 Å². The highest BCUT2D eigenvalue weighted by molar-refractivity contribution is 5.45. The Morgan fingerprint density at radius 2 is 2.31 bits per heavy atom. The Labute approximate surface area is 95.5 Å². The molecule has 3 heterocycles. The molecule has 3 heteroatoms. The van der Waals surface area contributed by atoms with Crippen molar-refractivity contribution in [3.8, 4) is 0 Å². The van der Waals surface area contributed by atoms with E-state index in [1.807, 2.05) is 12.5 Å². The number of piperidine rings is 1. The standard InChI is InChI=1S/C13H17N3/c1-10-2-5-13(15-6-10)11-3-4-12-7-14-9-16(12)8-11/h3-4,7-10,13,15H,2,5-6H2,1H3. The zero-order chi connectivity index (χ0) is 11.0. The first-order chi connectivity index (χ1) is 7.83. The Kier molecular flexibility index (Phi) is 2.40. The van der Waals surface area contributed by atoms with Gasteiger partial charge in [0.15, 0.2) is 0 Å². The van der Waals surface area contributed by atoms with Crippen molar-refractivity contribution in [1.82, 2.24) is 14.7 Å². The molecule has 2 unspecified atom stereocenters. The highest BCUT2D eigenvalue weighted by Gasteiger charge is 2.18. The van der Waals surface area contributed by atoms with Gasteiger partial charge in [-0.25, -0.2) is 4.98 Å². The van der Waals surface area contributed by atoms with E-state index in [-0.39, 0.29) is 0 Å². The van der Waals surface area contributed by atoms with Crippen molar-refractivity contribution in [2.24, 2.45) is 5.92 Å². The van der Waals surface area contributed by atoms with Crippen LogP contribution in [0.4, 0.5) is 0 Å². The number of hydrogen-bond donors (Lipinski definition) is 1. The lowest BCUT2D eigenvalue weighted by Crippen LogP contribution is -2.31. The molecule has 0 aromatic carbocycles. The minimum Gasteiger partial charge on any atom is -0.310 e. The number of pyridine rings is 1. The van der Waals surface area contributed by atoms with Gasteiger partial charge in [-0.3, -0.25) is 0 Å². The van der Waals surface area contributed by atoms with Gasteiger partial charge in [0.25, 0.3) is 0 Å². The molecule has 0 radical (unpaired) electrons. The smallest absolute Gasteiger partial charge is 0.0992 e. The highest BCUT2D eigenvalue weighted by Crippen LogP contribution is 2.25. The number of nitrogens with one attached hydrogen (secondary N) is 1. The normalized spacial score (nSPS) is 26.1. The van der Waals surface area contributed by atoms with Crippen LogP contribution < -0.4 is 5.32 Å². The van der Waals surface area contributed by atoms with Crippen molar-refractivity contribution in [2.75, 3.05) is 6.54 Å². The average molecular weight is 215 g/mol. The average Bonchev–Trinajstić information content (AvgIpc) is 2.77. The van der Waals surface area contributed by atoms with E-state index >= 15 is 0 Å². The Morgan fingerprint density at radius 1 is 1.38 bits per heavy atom. The summed E-state index contributed by atoms with van der Waals surface area (Å²) in [5.41, 5.74) is 2.53. The maximum absolute atomic E-state index is 4.14. The van der Waals surface area contributed by atoms with Crippen molar-refractivity contribution in [1.29, 1.82) is 0 Å². The first-order valence-corrected chi connectivity index (χ1v) is 5.98. The van der Waals surface area contributed by atoms with E-state index in [2.05, 4.69) is 40.0 Å². The quantitative estimate of drug-likeness (QED) is 0.791. The van der Waals surface area contributed by atoms with Gasteiger partial charge in [0.1, 0.15) is 0 Å². The fourth-order valence-corrected chi connectivity index (χ4v) is 2.43. The van der Waals surface area contributed by atoms with Crippen molar-refractivity contribution in [3.63, 3.8) is 0 Å². The lowest BCUT2D eigenvalue weighted by Gasteiger charge is -2.28. The van der Waals surface area contributed by atoms with E-state index < -0.39 is 0 Å². The summed E-state index contributed by atoms with van der Waals surface area (Å²) in [6, 6.07) is 4.87. The third-order valence-electron chi connectivity index (χ3n) is 3.49. The Morgan fingerprint density at radius 3 is 3.12 bits per heavy atom. The van der Waals surface area contributed by atoms with Gasteiger partial charge in [-0.05, 0) is 36.9 Å². The molecule has 3 rings (SSSR count). The molecule has 1 saturated heterocycles. The lowest BCUT2D eigenvalue weighted by molar-refractivity contribution is 0.332. The third kappa shape index (κ3) is 1.71. The van der Waals surface area contributed by atoms with Gasteiger partial charge < -0.3 is 9.72 Å². The van der Waals surface area contributed by atoms with Crippen LogP contribution in [-0.2, 0) is 0 Å². The van der Waals surface area contributed by atoms with Crippen LogP contribution in [0.25, 0.3) is 5.52 Å². The second-order valence-corrected chi connectivity index (χ2v) is 4.83. The number of rotatable bonds is 1. The summed E-state index contributed by atoms with van der Waals surface area (Å²) in [7, 11) is 0. The second kappa shape index (κ2) is 3.91. The van der Waals surface area contributed by atoms with Crippen LogP contribution in [0.1, 0.15) is 31.4 Å². The summed E-state index contributed by atoms with van der Waals surface area (Å²) in [5.74, 6) is 0.813. The molecule has 16 heavy (non-hydrogen) atoms. The van der Waals surface area contributed by atoms with Crippen LogP contribution in [0, 0.1) is 5.92 Å². The number of nitrogens with zero attached hydrogens (tertiary/aromatic N) is 2. The predicted molar refractivity (Wildman–Crippen MR) is 64.3 cm³/mol. The molecule has 0 aliphatic carbocycles. The SMILES string of the molecule is CC1CCC(c2ccc3cncn3c2)NC1. The molecule has 0 bridgehead atoms. The molecule has 1 aliphatic rings. The summed E-state index contributed by atoms with van der Waals surface area (Å²) in [6.45, 7) is 3.44. The van der Waals surface area contributed by atoms with Gasteiger partial charge >= 0.3 is 0 Å². The number of imidazole rings is 1. The van der Waals surface area contributed by atoms with Gasteiger partial charge in [-0.2, -0.15) is 0 Å². The molecule has 1 fully saturated rings. The van der Waals surface area contributed by atoms with Gasteiger partial charge in [0.05, 0.1) is 18.0 Å². The zero-order valence-corrected chi connectivity index (χ0v) is 9.56. The van der Waals surface area contributed by atoms with Gasteiger partial charge in [-0.1, -0.05) is 13.0 Å². The van der Waals surface area contributed by atoms with Gasteiger partial charge in [0.2, 0.25) is 0 Å². The van der Waals surface area contributed by atoms with E-state index in [1.54, 1.807) is 0 Å². The Hall–Kier alpha value is -1.35. The molecule has 1 N–H and O–H groups in total. The maximum atomic E-state index is 4.14. The van der Waals surface area contributed by atoms with Gasteiger partial charge in [0, 0.05) is 12.2 Å². The maximum Gasteiger partial charge on any atom is 0.0992 e. The molecule has 2 aromatic heterocycles. The Balaban J connectivity index is 1.87. The zero-order valence-electron chi connectivity index (χ0n) is 9.56. The summed E-state index contributed by atoms with van der Waals surface area (Å²) in [5, 5.41) is 3.61. The monoisotopic (exact) mass is 215 g/mol. The molecule has 0 spiro atoms. The number of aromatic nitrogens is 2. The largest absolute Gasteiger partial charge is 0.310 e. The molecule has 3 nitrogen and oxygen atoms in total. The predicted octanol–water partition coefficient (Wildman–Crippen LogP) is 2.39. The summed E-state index contributed by atoms with van der Waals surface area (Å²) < 4.78 is 2.09. The van der Waals surface area contributed by atoms with E-state index in [0.29, 0.717) is 6.04 Å². The Bertz CT molecular complexity index is 481. The minimum atomic E-state index is 0.517. The van der Waals surface area contributed by atoms with Crippen molar-refractivity contribution in [2.45, 2.75) is 25.8 Å². The van der Waals surface area contributed by atoms with Crippen LogP contribution in [0.3, 0.4) is 0 Å². The third-order valence-corrected chi connectivity index (χ3v) is 3.49. The molecule has 84 valence electrons. The van der Waals surface area contributed by atoms with E-state index in [1.165, 1.54) is 18.4 Å². The fourth-order valence-electron chi connectivity index (χ4n) is 2.43. The van der Waals surface area contributed by atoms with E-state index in [9.17, 15) is 0 Å². The minimum absolute atomic E-state index is 0.517. The highest BCUT2D eigenvalue weighted by atomic mass is 15.0. The molecule has 2 aromatic rings. The summed E-state index contributed by atoms with van der Waals surface area (Å²) in [6.07, 6.45) is 8.50. The van der Waals surface area contributed by atoms with E-state index in [0.717, 1.165) is 18.0 Å². The topological polar surface area (TPSA) is 29.3 Å². The molecule has 0 amide bonds. The molecular formula is C13H17N3. The van der Waals surface area contributed by atoms with Crippen LogP contribution in [0.15, 0.2) is 30.9 Å². The molecule has 0 saturated carbocycles. The first kappa shape index (κ1) is 9.85. The van der Waals surface area contributed by atoms with Crippen LogP contribution >= 0.6 is 0 Å². The van der Waals surface area contributed by atoms with E-state index in [4.69, 9.17) is 0 Å². The van der Waals surface area contributed by atoms with Crippen LogP contribution in [-0.4, -0.2) is 15.9 Å². The molecular weight excluding hydrogens is 198 g/mol. The number of fused-ring (bicyclic) bond motifs is 1. The molecule has 2 atom stereocenters. The van der Waals surface area contributed by atoms with Gasteiger partial charge in [-0.15, -0.1) is 0 Å². The van der Waals surface area contributed by atoms with Crippen LogP contribution in [0.2, 0.25) is 0 Å². The van der Waals surface area contributed by atoms with Crippen molar-refractivity contribution >= 4 is 5.52 Å². The molecule has 1 aliphatic heterocycles. The second-order valence-electron chi connectivity index (χ2n) is 4.83. The lowest BCUT2D eigenvalue weighted by atomic mass is 9.93. The fraction of sp³-hybridized carbons (Fsp3) is 0.462. The van der Waals surface area contributed by atoms with Crippen molar-refractivity contribution in [3.05, 3.63) is 36.4 Å². The first-order valence-electron chi connectivity index (χ1n) is 5.98. The van der Waals surface area contributed by atoms with Crippen LogP contribution in [0.5, 0.6) is 0 Å². The number of hydrogen-bond acceptors (Lipinski definition) is 2. The summed E-state index contributed by atoms with van der Waals surface area (Å²) in [4.78, 5) is 4.14. The summed E-state index contributed by atoms with van der Waals surface area (Å²) >= 11 is 0.